The summed E-state index contributed by atoms with van der Waals surface area (Å²) in [6.07, 6.45) is 0.269. The van der Waals surface area contributed by atoms with E-state index in [2.05, 4.69) is 0 Å². The van der Waals surface area contributed by atoms with E-state index in [1.165, 1.54) is 6.92 Å². The molecule has 3 heteroatoms. The molecule has 0 saturated heterocycles. The van der Waals surface area contributed by atoms with Crippen LogP contribution in [0.2, 0.25) is 0 Å². The second kappa shape index (κ2) is 5.88. The number of hydrogen-bond donors (Lipinski definition) is 2. The van der Waals surface area contributed by atoms with Crippen LogP contribution in [-0.4, -0.2) is 16.2 Å². The fourth-order valence-corrected chi connectivity index (χ4v) is 2.34. The Labute approximate surface area is 118 Å². The van der Waals surface area contributed by atoms with Gasteiger partial charge in [0.05, 0.1) is 5.92 Å². The molecule has 2 N–H and O–H groups in total. The lowest BCUT2D eigenvalue weighted by Crippen LogP contribution is -2.40. The van der Waals surface area contributed by atoms with Gasteiger partial charge >= 0.3 is 5.97 Å². The maximum Gasteiger partial charge on any atom is 0.309 e. The maximum absolute atomic E-state index is 11.3. The summed E-state index contributed by atoms with van der Waals surface area (Å²) in [6, 6.07) is 18.4. The minimum absolute atomic E-state index is 0.269. The van der Waals surface area contributed by atoms with Crippen molar-refractivity contribution in [3.63, 3.8) is 0 Å². The van der Waals surface area contributed by atoms with Crippen molar-refractivity contribution >= 4 is 5.97 Å². The predicted octanol–water partition coefficient (Wildman–Crippen LogP) is 2.84. The van der Waals surface area contributed by atoms with Gasteiger partial charge in [-0.3, -0.25) is 4.79 Å². The predicted molar refractivity (Wildman–Crippen MR) is 77.3 cm³/mol. The first-order valence-electron chi connectivity index (χ1n) is 6.58. The van der Waals surface area contributed by atoms with E-state index in [4.69, 9.17) is 0 Å². The van der Waals surface area contributed by atoms with Gasteiger partial charge < -0.3 is 10.2 Å². The molecule has 0 aliphatic carbocycles. The first kappa shape index (κ1) is 14.3. The van der Waals surface area contributed by atoms with Crippen LogP contribution >= 0.6 is 0 Å². The zero-order valence-corrected chi connectivity index (χ0v) is 11.4. The van der Waals surface area contributed by atoms with Gasteiger partial charge in [-0.2, -0.15) is 0 Å². The molecule has 0 bridgehead atoms. The molecule has 2 rings (SSSR count). The van der Waals surface area contributed by atoms with E-state index in [9.17, 15) is 15.0 Å². The molecule has 3 nitrogen and oxygen atoms in total. The maximum atomic E-state index is 11.3. The van der Waals surface area contributed by atoms with Gasteiger partial charge in [-0.1, -0.05) is 60.7 Å². The van der Waals surface area contributed by atoms with Gasteiger partial charge in [0.25, 0.3) is 0 Å². The molecule has 0 radical (unpaired) electrons. The van der Waals surface area contributed by atoms with Gasteiger partial charge in [0.2, 0.25) is 0 Å². The SMILES string of the molecule is CC(C(=O)O)C(O)(Cc1ccccc1)c1ccccc1. The lowest BCUT2D eigenvalue weighted by Gasteiger charge is -2.32. The van der Waals surface area contributed by atoms with Gasteiger partial charge in [-0.05, 0) is 18.1 Å². The third-order valence-corrected chi connectivity index (χ3v) is 3.68. The Bertz CT molecular complexity index is 565. The number of carbonyl (C=O) groups is 1. The summed E-state index contributed by atoms with van der Waals surface area (Å²) < 4.78 is 0. The van der Waals surface area contributed by atoms with Gasteiger partial charge in [0.1, 0.15) is 5.60 Å². The number of aliphatic hydroxyl groups is 1. The highest BCUT2D eigenvalue weighted by atomic mass is 16.4. The molecule has 2 atom stereocenters. The topological polar surface area (TPSA) is 57.5 Å². The highest BCUT2D eigenvalue weighted by Gasteiger charge is 2.40. The average molecular weight is 270 g/mol. The van der Waals surface area contributed by atoms with Gasteiger partial charge in [-0.15, -0.1) is 0 Å². The molecule has 0 amide bonds. The van der Waals surface area contributed by atoms with Crippen molar-refractivity contribution in [3.05, 3.63) is 71.8 Å². The van der Waals surface area contributed by atoms with Crippen molar-refractivity contribution < 1.29 is 15.0 Å². The molecule has 0 saturated carbocycles. The Morgan fingerprint density at radius 3 is 2.05 bits per heavy atom. The molecule has 104 valence electrons. The average Bonchev–Trinajstić information content (AvgIpc) is 2.48. The van der Waals surface area contributed by atoms with E-state index in [1.54, 1.807) is 24.3 Å². The van der Waals surface area contributed by atoms with E-state index in [-0.39, 0.29) is 6.42 Å². The van der Waals surface area contributed by atoms with Crippen molar-refractivity contribution in [1.29, 1.82) is 0 Å². The third kappa shape index (κ3) is 2.89. The Kier molecular flexibility index (Phi) is 4.20. The van der Waals surface area contributed by atoms with Crippen LogP contribution in [0.25, 0.3) is 0 Å². The van der Waals surface area contributed by atoms with Crippen molar-refractivity contribution in [1.82, 2.24) is 0 Å². The Balaban J connectivity index is 2.42. The van der Waals surface area contributed by atoms with Gasteiger partial charge in [0, 0.05) is 6.42 Å². The van der Waals surface area contributed by atoms with E-state index >= 15 is 0 Å². The zero-order valence-electron chi connectivity index (χ0n) is 11.4. The zero-order chi connectivity index (χ0) is 14.6. The minimum atomic E-state index is -1.42. The Hall–Kier alpha value is -2.13. The number of hydrogen-bond acceptors (Lipinski definition) is 2. The molecule has 0 spiro atoms. The smallest absolute Gasteiger partial charge is 0.309 e. The molecule has 0 aliphatic heterocycles. The number of aliphatic carboxylic acids is 1. The van der Waals surface area contributed by atoms with Crippen LogP contribution in [0, 0.1) is 5.92 Å². The first-order chi connectivity index (χ1) is 9.54. The number of carboxylic acid groups (broad SMARTS) is 1. The molecule has 2 aromatic rings. The largest absolute Gasteiger partial charge is 0.481 e. The molecule has 20 heavy (non-hydrogen) atoms. The van der Waals surface area contributed by atoms with Crippen LogP contribution in [-0.2, 0) is 16.8 Å². The normalized spacial score (nSPS) is 15.3. The van der Waals surface area contributed by atoms with Crippen LogP contribution in [0.3, 0.4) is 0 Å². The summed E-state index contributed by atoms with van der Waals surface area (Å²) in [5.74, 6) is -1.91. The van der Waals surface area contributed by atoms with E-state index in [1.807, 2.05) is 36.4 Å². The molecule has 2 aromatic carbocycles. The molecule has 2 unspecified atom stereocenters. The van der Waals surface area contributed by atoms with Crippen LogP contribution < -0.4 is 0 Å². The standard InChI is InChI=1S/C17H18O3/c1-13(16(18)19)17(20,15-10-6-3-7-11-15)12-14-8-4-2-5-9-14/h2-11,13,20H,12H2,1H3,(H,18,19). The molecule has 0 heterocycles. The highest BCUT2D eigenvalue weighted by Crippen LogP contribution is 2.33. The van der Waals surface area contributed by atoms with E-state index < -0.39 is 17.5 Å². The fourth-order valence-electron chi connectivity index (χ4n) is 2.34. The highest BCUT2D eigenvalue weighted by molar-refractivity contribution is 5.71. The summed E-state index contributed by atoms with van der Waals surface area (Å²) in [5, 5.41) is 20.3. The monoisotopic (exact) mass is 270 g/mol. The molecular weight excluding hydrogens is 252 g/mol. The first-order valence-corrected chi connectivity index (χ1v) is 6.58. The summed E-state index contributed by atoms with van der Waals surface area (Å²) in [7, 11) is 0. The molecule has 0 aromatic heterocycles. The van der Waals surface area contributed by atoms with Crippen LogP contribution in [0.4, 0.5) is 0 Å². The quantitative estimate of drug-likeness (QED) is 0.878. The Morgan fingerprint density at radius 2 is 1.55 bits per heavy atom. The fraction of sp³-hybridized carbons (Fsp3) is 0.235. The second-order valence-electron chi connectivity index (χ2n) is 5.01. The van der Waals surface area contributed by atoms with Crippen LogP contribution in [0.1, 0.15) is 18.1 Å². The molecular formula is C17H18O3. The minimum Gasteiger partial charge on any atom is -0.481 e. The van der Waals surface area contributed by atoms with Gasteiger partial charge in [-0.25, -0.2) is 0 Å². The van der Waals surface area contributed by atoms with E-state index in [0.717, 1.165) is 5.56 Å². The number of rotatable bonds is 5. The molecule has 0 fully saturated rings. The van der Waals surface area contributed by atoms with Gasteiger partial charge in [0.15, 0.2) is 0 Å². The van der Waals surface area contributed by atoms with Crippen LogP contribution in [0.15, 0.2) is 60.7 Å². The van der Waals surface area contributed by atoms with Crippen LogP contribution in [0.5, 0.6) is 0 Å². The summed E-state index contributed by atoms with van der Waals surface area (Å²) in [4.78, 5) is 11.3. The van der Waals surface area contributed by atoms with Crippen molar-refractivity contribution in [2.45, 2.75) is 18.9 Å². The van der Waals surface area contributed by atoms with Crippen molar-refractivity contribution in [2.24, 2.45) is 5.92 Å². The third-order valence-electron chi connectivity index (χ3n) is 3.68. The lowest BCUT2D eigenvalue weighted by atomic mass is 9.78. The Morgan fingerprint density at radius 1 is 1.05 bits per heavy atom. The van der Waals surface area contributed by atoms with Crippen molar-refractivity contribution in [2.75, 3.05) is 0 Å². The molecule has 0 aliphatic rings. The lowest BCUT2D eigenvalue weighted by molar-refractivity contribution is -0.151. The number of carboxylic acids is 1. The van der Waals surface area contributed by atoms with Crippen molar-refractivity contribution in [3.8, 4) is 0 Å². The summed E-state index contributed by atoms with van der Waals surface area (Å²) >= 11 is 0. The summed E-state index contributed by atoms with van der Waals surface area (Å²) in [6.45, 7) is 1.54. The second-order valence-corrected chi connectivity index (χ2v) is 5.01. The van der Waals surface area contributed by atoms with E-state index in [0.29, 0.717) is 5.56 Å². The summed E-state index contributed by atoms with van der Waals surface area (Å²) in [5.41, 5.74) is 0.111. The number of benzene rings is 2.